The molecule has 1 saturated carbocycles. The van der Waals surface area contributed by atoms with Crippen LogP contribution in [0.1, 0.15) is 48.8 Å². The minimum atomic E-state index is -0.688. The third-order valence-electron chi connectivity index (χ3n) is 8.90. The van der Waals surface area contributed by atoms with Crippen LogP contribution in [0.4, 0.5) is 0 Å². The first-order valence-electron chi connectivity index (χ1n) is 12.4. The van der Waals surface area contributed by atoms with Crippen LogP contribution in [0.2, 0.25) is 0 Å². The van der Waals surface area contributed by atoms with Gasteiger partial charge < -0.3 is 9.84 Å². The maximum atomic E-state index is 12.6. The molecule has 5 nitrogen and oxygen atoms in total. The molecule has 2 bridgehead atoms. The molecule has 0 spiro atoms. The lowest BCUT2D eigenvalue weighted by atomic mass is 9.52. The Hall–Kier alpha value is -1.95. The monoisotopic (exact) mass is 433 g/mol. The highest BCUT2D eigenvalue weighted by atomic mass is 16.5. The molecule has 6 rings (SSSR count). The number of aromatic nitrogens is 1. The van der Waals surface area contributed by atoms with Gasteiger partial charge in [-0.1, -0.05) is 6.07 Å². The van der Waals surface area contributed by atoms with Crippen molar-refractivity contribution in [3.8, 4) is 5.75 Å². The lowest BCUT2D eigenvalue weighted by Gasteiger charge is -2.61. The predicted octanol–water partition coefficient (Wildman–Crippen LogP) is 3.40. The molecule has 0 amide bonds. The maximum Gasteiger partial charge on any atom is 0.119 e. The van der Waals surface area contributed by atoms with Gasteiger partial charge in [0.15, 0.2) is 0 Å². The summed E-state index contributed by atoms with van der Waals surface area (Å²) in [7, 11) is 1.75. The zero-order valence-electron chi connectivity index (χ0n) is 19.2. The Labute approximate surface area is 191 Å². The number of ether oxygens (including phenoxy) is 1. The molecule has 1 aromatic carbocycles. The molecule has 1 N–H and O–H groups in total. The van der Waals surface area contributed by atoms with Gasteiger partial charge in [0, 0.05) is 43.5 Å². The molecule has 170 valence electrons. The van der Waals surface area contributed by atoms with Crippen molar-refractivity contribution >= 4 is 0 Å². The molecule has 2 aliphatic carbocycles. The van der Waals surface area contributed by atoms with Crippen LogP contribution in [0.5, 0.6) is 5.75 Å². The summed E-state index contributed by atoms with van der Waals surface area (Å²) < 4.78 is 5.63. The standard InChI is InChI=1S/C27H35N3O2/c1-32-23-5-4-22-16-25-27(31)10-14-29(18-21-6-11-28-12-7-21)13-8-26(27,24(22)17-23)9-15-30(25)19-20-2-3-20/h4-7,11-12,17,20,25,31H,2-3,8-10,13-16,18-19H2,1H3. The molecule has 1 aromatic heterocycles. The Morgan fingerprint density at radius 2 is 1.84 bits per heavy atom. The summed E-state index contributed by atoms with van der Waals surface area (Å²) in [6.45, 7) is 5.14. The van der Waals surface area contributed by atoms with Gasteiger partial charge in [-0.3, -0.25) is 14.8 Å². The van der Waals surface area contributed by atoms with E-state index in [9.17, 15) is 5.11 Å². The van der Waals surface area contributed by atoms with Crippen molar-refractivity contribution in [3.63, 3.8) is 0 Å². The van der Waals surface area contributed by atoms with Crippen molar-refractivity contribution in [2.45, 2.75) is 62.1 Å². The Bertz CT molecular complexity index is 978. The SMILES string of the molecule is COc1ccc2c(c1)C13CCN(Cc4ccncc4)CCC1(O)C(C2)N(CC1CC1)CC3. The van der Waals surface area contributed by atoms with E-state index in [0.717, 1.165) is 70.1 Å². The highest BCUT2D eigenvalue weighted by molar-refractivity contribution is 5.48. The van der Waals surface area contributed by atoms with Gasteiger partial charge in [-0.15, -0.1) is 0 Å². The molecule has 2 saturated heterocycles. The highest BCUT2D eigenvalue weighted by Crippen LogP contribution is 2.56. The van der Waals surface area contributed by atoms with Crippen molar-refractivity contribution in [2.24, 2.45) is 5.92 Å². The maximum absolute atomic E-state index is 12.6. The second kappa shape index (κ2) is 7.82. The summed E-state index contributed by atoms with van der Waals surface area (Å²) in [5.41, 5.74) is 3.20. The average molecular weight is 434 g/mol. The number of nitrogens with zero attached hydrogens (tertiary/aromatic N) is 3. The van der Waals surface area contributed by atoms with E-state index in [1.807, 2.05) is 12.4 Å². The smallest absolute Gasteiger partial charge is 0.119 e. The number of aliphatic hydroxyl groups is 1. The van der Waals surface area contributed by atoms with Crippen LogP contribution in [-0.2, 0) is 18.4 Å². The van der Waals surface area contributed by atoms with Crippen molar-refractivity contribution in [3.05, 3.63) is 59.4 Å². The summed E-state index contributed by atoms with van der Waals surface area (Å²) in [6.07, 6.45) is 10.3. The van der Waals surface area contributed by atoms with E-state index >= 15 is 0 Å². The molecule has 4 aliphatic rings. The van der Waals surface area contributed by atoms with E-state index in [1.165, 1.54) is 29.5 Å². The number of fused-ring (bicyclic) bond motifs is 1. The number of hydrogen-bond acceptors (Lipinski definition) is 5. The Balaban J connectivity index is 1.38. The normalized spacial score (nSPS) is 32.6. The van der Waals surface area contributed by atoms with Gasteiger partial charge in [-0.05, 0) is 98.5 Å². The molecular formula is C27H35N3O2. The third-order valence-corrected chi connectivity index (χ3v) is 8.90. The highest BCUT2D eigenvalue weighted by Gasteiger charge is 2.63. The fourth-order valence-electron chi connectivity index (χ4n) is 6.93. The molecule has 3 unspecified atom stereocenters. The molecular weight excluding hydrogens is 398 g/mol. The third kappa shape index (κ3) is 3.28. The van der Waals surface area contributed by atoms with Gasteiger partial charge in [0.05, 0.1) is 12.7 Å². The minimum Gasteiger partial charge on any atom is -0.497 e. The van der Waals surface area contributed by atoms with E-state index in [0.29, 0.717) is 0 Å². The Kier molecular flexibility index (Phi) is 5.05. The van der Waals surface area contributed by atoms with Crippen LogP contribution in [0, 0.1) is 5.92 Å². The van der Waals surface area contributed by atoms with Crippen molar-refractivity contribution in [1.82, 2.24) is 14.8 Å². The van der Waals surface area contributed by atoms with Gasteiger partial charge in [0.1, 0.15) is 5.75 Å². The number of methoxy groups -OCH3 is 1. The van der Waals surface area contributed by atoms with E-state index in [-0.39, 0.29) is 11.5 Å². The first kappa shape index (κ1) is 20.6. The first-order chi connectivity index (χ1) is 15.6. The van der Waals surface area contributed by atoms with E-state index in [1.54, 1.807) is 7.11 Å². The lowest BCUT2D eigenvalue weighted by molar-refractivity contribution is -0.149. The van der Waals surface area contributed by atoms with Crippen molar-refractivity contribution in [1.29, 1.82) is 0 Å². The van der Waals surface area contributed by atoms with E-state index < -0.39 is 5.60 Å². The molecule has 3 heterocycles. The molecule has 2 aromatic rings. The number of rotatable bonds is 5. The fourth-order valence-corrected chi connectivity index (χ4v) is 6.93. The summed E-state index contributed by atoms with van der Waals surface area (Å²) in [5, 5.41) is 12.6. The van der Waals surface area contributed by atoms with E-state index in [4.69, 9.17) is 4.74 Å². The molecule has 0 radical (unpaired) electrons. The second-order valence-corrected chi connectivity index (χ2v) is 10.6. The zero-order chi connectivity index (χ0) is 21.8. The topological polar surface area (TPSA) is 48.8 Å². The Morgan fingerprint density at radius 1 is 1.06 bits per heavy atom. The van der Waals surface area contributed by atoms with E-state index in [2.05, 4.69) is 45.1 Å². The largest absolute Gasteiger partial charge is 0.497 e. The molecule has 3 atom stereocenters. The van der Waals surface area contributed by atoms with Gasteiger partial charge in [-0.25, -0.2) is 0 Å². The van der Waals surface area contributed by atoms with Gasteiger partial charge in [0.2, 0.25) is 0 Å². The molecule has 32 heavy (non-hydrogen) atoms. The number of benzene rings is 1. The minimum absolute atomic E-state index is 0.188. The number of piperidine rings is 1. The second-order valence-electron chi connectivity index (χ2n) is 10.6. The van der Waals surface area contributed by atoms with Gasteiger partial charge in [0.25, 0.3) is 0 Å². The summed E-state index contributed by atoms with van der Waals surface area (Å²) >= 11 is 0. The van der Waals surface area contributed by atoms with Crippen LogP contribution in [0.3, 0.4) is 0 Å². The molecule has 3 fully saturated rings. The molecule has 2 aliphatic heterocycles. The van der Waals surface area contributed by atoms with Crippen LogP contribution in [0.15, 0.2) is 42.7 Å². The lowest BCUT2D eigenvalue weighted by Crippen LogP contribution is -2.71. The molecule has 5 heteroatoms. The first-order valence-corrected chi connectivity index (χ1v) is 12.4. The summed E-state index contributed by atoms with van der Waals surface area (Å²) in [4.78, 5) is 9.37. The van der Waals surface area contributed by atoms with Gasteiger partial charge >= 0.3 is 0 Å². The van der Waals surface area contributed by atoms with Gasteiger partial charge in [-0.2, -0.15) is 0 Å². The van der Waals surface area contributed by atoms with Crippen LogP contribution < -0.4 is 4.74 Å². The number of pyridine rings is 1. The number of likely N-dealkylation sites (tertiary alicyclic amines) is 2. The summed E-state index contributed by atoms with van der Waals surface area (Å²) in [5.74, 6) is 1.76. The van der Waals surface area contributed by atoms with Crippen LogP contribution in [-0.4, -0.2) is 64.8 Å². The average Bonchev–Trinajstić information content (AvgIpc) is 3.64. The quantitative estimate of drug-likeness (QED) is 0.783. The number of hydrogen-bond donors (Lipinski definition) is 1. The predicted molar refractivity (Wildman–Crippen MR) is 125 cm³/mol. The fraction of sp³-hybridized carbons (Fsp3) is 0.593. The zero-order valence-corrected chi connectivity index (χ0v) is 19.2. The van der Waals surface area contributed by atoms with Crippen molar-refractivity contribution < 1.29 is 9.84 Å². The van der Waals surface area contributed by atoms with Crippen molar-refractivity contribution in [2.75, 3.05) is 33.3 Å². The summed E-state index contributed by atoms with van der Waals surface area (Å²) in [6, 6.07) is 11.1. The van der Waals surface area contributed by atoms with Crippen LogP contribution >= 0.6 is 0 Å². The Morgan fingerprint density at radius 3 is 2.62 bits per heavy atom. The van der Waals surface area contributed by atoms with Crippen LogP contribution in [0.25, 0.3) is 0 Å².